The molecule has 0 bridgehead atoms. The molecule has 0 radical (unpaired) electrons. The number of hydrogen-bond acceptors (Lipinski definition) is 3. The first kappa shape index (κ1) is 20.9. The van der Waals surface area contributed by atoms with Crippen LogP contribution in [0.2, 0.25) is 0 Å². The van der Waals surface area contributed by atoms with Crippen molar-refractivity contribution in [3.8, 4) is 5.75 Å². The van der Waals surface area contributed by atoms with E-state index in [0.29, 0.717) is 23.7 Å². The van der Waals surface area contributed by atoms with E-state index in [0.717, 1.165) is 5.75 Å². The Hall–Kier alpha value is -1.45. The minimum absolute atomic E-state index is 0.270. The van der Waals surface area contributed by atoms with Crippen molar-refractivity contribution in [3.63, 3.8) is 0 Å². The van der Waals surface area contributed by atoms with E-state index in [4.69, 9.17) is 9.47 Å². The molecule has 2 unspecified atom stereocenters. The van der Waals surface area contributed by atoms with Gasteiger partial charge in [0.15, 0.2) is 6.29 Å². The van der Waals surface area contributed by atoms with Crippen molar-refractivity contribution in [3.05, 3.63) is 60.2 Å². The molecule has 0 aliphatic carbocycles. The van der Waals surface area contributed by atoms with E-state index in [1.54, 1.807) is 11.8 Å². The average molecular weight is 373 g/mol. The summed E-state index contributed by atoms with van der Waals surface area (Å²) in [7, 11) is 0. The summed E-state index contributed by atoms with van der Waals surface area (Å²) in [4.78, 5) is 1.20. The number of hydrogen-bond donors (Lipinski definition) is 0. The fourth-order valence-corrected chi connectivity index (χ4v) is 3.78. The molecule has 142 valence electrons. The topological polar surface area (TPSA) is 18.5 Å². The maximum Gasteiger partial charge on any atom is 0.197 e. The molecule has 2 nitrogen and oxygen atoms in total. The molecule has 0 aliphatic heterocycles. The third kappa shape index (κ3) is 7.05. The van der Waals surface area contributed by atoms with Crippen LogP contribution in [0.4, 0.5) is 0 Å². The van der Waals surface area contributed by atoms with Gasteiger partial charge >= 0.3 is 0 Å². The van der Waals surface area contributed by atoms with Gasteiger partial charge in [-0.3, -0.25) is 0 Å². The Morgan fingerprint density at radius 2 is 1.50 bits per heavy atom. The minimum atomic E-state index is -0.270. The van der Waals surface area contributed by atoms with E-state index < -0.39 is 0 Å². The van der Waals surface area contributed by atoms with Crippen molar-refractivity contribution < 1.29 is 9.47 Å². The molecular formula is C23H32O2S. The molecule has 0 saturated carbocycles. The van der Waals surface area contributed by atoms with E-state index in [-0.39, 0.29) is 6.29 Å². The van der Waals surface area contributed by atoms with Crippen molar-refractivity contribution >= 4 is 11.8 Å². The molecule has 0 amide bonds. The van der Waals surface area contributed by atoms with Crippen LogP contribution in [0.5, 0.6) is 5.75 Å². The van der Waals surface area contributed by atoms with Gasteiger partial charge < -0.3 is 9.47 Å². The molecule has 2 rings (SSSR count). The highest BCUT2D eigenvalue weighted by Crippen LogP contribution is 2.32. The van der Waals surface area contributed by atoms with Crippen molar-refractivity contribution in [2.24, 2.45) is 11.8 Å². The van der Waals surface area contributed by atoms with E-state index >= 15 is 0 Å². The van der Waals surface area contributed by atoms with E-state index in [1.165, 1.54) is 16.9 Å². The van der Waals surface area contributed by atoms with Crippen LogP contribution in [-0.2, 0) is 4.74 Å². The predicted molar refractivity (Wildman–Crippen MR) is 112 cm³/mol. The van der Waals surface area contributed by atoms with Gasteiger partial charge in [0.1, 0.15) is 11.7 Å². The van der Waals surface area contributed by atoms with Crippen molar-refractivity contribution in [1.29, 1.82) is 0 Å². The first-order chi connectivity index (χ1) is 12.5. The van der Waals surface area contributed by atoms with Gasteiger partial charge in [0.2, 0.25) is 0 Å². The molecule has 0 heterocycles. The predicted octanol–water partition coefficient (Wildman–Crippen LogP) is 6.96. The molecule has 0 aliphatic rings. The van der Waals surface area contributed by atoms with Crippen molar-refractivity contribution in [1.82, 2.24) is 0 Å². The van der Waals surface area contributed by atoms with Crippen LogP contribution in [0, 0.1) is 11.8 Å². The number of benzene rings is 2. The molecule has 0 saturated heterocycles. The molecular weight excluding hydrogens is 340 g/mol. The van der Waals surface area contributed by atoms with Gasteiger partial charge in [0.25, 0.3) is 0 Å². The van der Waals surface area contributed by atoms with E-state index in [1.807, 2.05) is 25.1 Å². The Balaban J connectivity index is 1.83. The fraction of sp³-hybridized carbons (Fsp3) is 0.478. The second-order valence-corrected chi connectivity index (χ2v) is 8.47. The Morgan fingerprint density at radius 1 is 0.846 bits per heavy atom. The summed E-state index contributed by atoms with van der Waals surface area (Å²) in [5.74, 6) is 3.38. The van der Waals surface area contributed by atoms with Gasteiger partial charge in [-0.25, -0.2) is 0 Å². The van der Waals surface area contributed by atoms with Crippen LogP contribution in [0.1, 0.15) is 52.5 Å². The summed E-state index contributed by atoms with van der Waals surface area (Å²) in [6, 6.07) is 18.8. The van der Waals surface area contributed by atoms with Gasteiger partial charge in [-0.1, -0.05) is 69.8 Å². The second kappa shape index (κ2) is 10.6. The third-order valence-corrected chi connectivity index (χ3v) is 5.27. The molecule has 2 aromatic carbocycles. The lowest BCUT2D eigenvalue weighted by Crippen LogP contribution is -2.16. The highest BCUT2D eigenvalue weighted by molar-refractivity contribution is 7.99. The Labute approximate surface area is 163 Å². The summed E-state index contributed by atoms with van der Waals surface area (Å²) in [6.45, 7) is 11.1. The Bertz CT molecular complexity index is 622. The summed E-state index contributed by atoms with van der Waals surface area (Å²) in [5, 5.41) is 0. The van der Waals surface area contributed by atoms with E-state index in [9.17, 15) is 0 Å². The smallest absolute Gasteiger partial charge is 0.197 e. The molecule has 0 aromatic heterocycles. The molecule has 0 N–H and O–H groups in total. The minimum Gasteiger partial charge on any atom is -0.465 e. The monoisotopic (exact) mass is 372 g/mol. The van der Waals surface area contributed by atoms with Gasteiger partial charge in [-0.2, -0.15) is 0 Å². The van der Waals surface area contributed by atoms with Crippen LogP contribution in [-0.4, -0.2) is 12.2 Å². The van der Waals surface area contributed by atoms with Crippen LogP contribution < -0.4 is 4.74 Å². The number of rotatable bonds is 10. The van der Waals surface area contributed by atoms with Gasteiger partial charge in [-0.15, -0.1) is 0 Å². The van der Waals surface area contributed by atoms with Gasteiger partial charge in [0.05, 0.1) is 0 Å². The first-order valence-electron chi connectivity index (χ1n) is 9.51. The van der Waals surface area contributed by atoms with Crippen molar-refractivity contribution in [2.75, 3.05) is 5.94 Å². The summed E-state index contributed by atoms with van der Waals surface area (Å²) in [6.07, 6.45) is 0.947. The Kier molecular flexibility index (Phi) is 8.53. The van der Waals surface area contributed by atoms with E-state index in [2.05, 4.69) is 64.1 Å². The summed E-state index contributed by atoms with van der Waals surface area (Å²) >= 11 is 1.67. The molecule has 26 heavy (non-hydrogen) atoms. The highest BCUT2D eigenvalue weighted by atomic mass is 32.2. The lowest BCUT2D eigenvalue weighted by Gasteiger charge is -2.24. The lowest BCUT2D eigenvalue weighted by atomic mass is 9.82. The van der Waals surface area contributed by atoms with Crippen LogP contribution >= 0.6 is 11.8 Å². The number of ether oxygens (including phenoxy) is 2. The summed E-state index contributed by atoms with van der Waals surface area (Å²) < 4.78 is 11.7. The maximum atomic E-state index is 5.89. The molecule has 3 heteroatoms. The molecule has 0 spiro atoms. The quantitative estimate of drug-likeness (QED) is 0.331. The highest BCUT2D eigenvalue weighted by Gasteiger charge is 2.17. The van der Waals surface area contributed by atoms with Crippen LogP contribution in [0.3, 0.4) is 0 Å². The average Bonchev–Trinajstić information content (AvgIpc) is 2.61. The zero-order valence-electron chi connectivity index (χ0n) is 16.6. The third-order valence-electron chi connectivity index (χ3n) is 4.41. The normalized spacial score (nSPS) is 13.8. The maximum absolute atomic E-state index is 5.89. The Morgan fingerprint density at radius 3 is 2.08 bits per heavy atom. The fourth-order valence-electron chi connectivity index (χ4n) is 3.03. The largest absolute Gasteiger partial charge is 0.465 e. The zero-order valence-corrected chi connectivity index (χ0v) is 17.5. The van der Waals surface area contributed by atoms with Gasteiger partial charge in [-0.05, 0) is 60.9 Å². The van der Waals surface area contributed by atoms with Crippen LogP contribution in [0.15, 0.2) is 59.5 Å². The zero-order chi connectivity index (χ0) is 18.9. The molecule has 0 fully saturated rings. The lowest BCUT2D eigenvalue weighted by molar-refractivity contribution is -0.0456. The standard InChI is InChI=1S/C23H32O2S/c1-17(2)15-23(18(3)4)20-11-13-21(14-12-20)25-19(5)24-16-26-22-9-7-6-8-10-22/h6-14,17-19,23H,15-16H2,1-5H3. The first-order valence-corrected chi connectivity index (χ1v) is 10.5. The van der Waals surface area contributed by atoms with Crippen molar-refractivity contribution in [2.45, 2.75) is 58.1 Å². The van der Waals surface area contributed by atoms with Crippen LogP contribution in [0.25, 0.3) is 0 Å². The SMILES string of the molecule is CC(C)CC(c1ccc(OC(C)OCSc2ccccc2)cc1)C(C)C. The summed E-state index contributed by atoms with van der Waals surface area (Å²) in [5.41, 5.74) is 1.40. The molecule has 2 atom stereocenters. The molecule has 2 aromatic rings. The second-order valence-electron chi connectivity index (χ2n) is 7.48. The number of thioether (sulfide) groups is 1. The van der Waals surface area contributed by atoms with Gasteiger partial charge in [0, 0.05) is 4.90 Å².